The van der Waals surface area contributed by atoms with Crippen LogP contribution < -0.4 is 5.32 Å². The fourth-order valence-corrected chi connectivity index (χ4v) is 1.65. The van der Waals surface area contributed by atoms with Crippen LogP contribution in [0.1, 0.15) is 55.4 Å². The van der Waals surface area contributed by atoms with Crippen molar-refractivity contribution in [3.63, 3.8) is 0 Å². The lowest BCUT2D eigenvalue weighted by Gasteiger charge is -2.27. The largest absolute Gasteiger partial charge is 0.453 e. The molecule has 0 aromatic carbocycles. The summed E-state index contributed by atoms with van der Waals surface area (Å²) in [5.74, 6) is -0.464. The molecule has 1 N–H and O–H groups in total. The van der Waals surface area contributed by atoms with Gasteiger partial charge in [0.05, 0.1) is 0 Å². The van der Waals surface area contributed by atoms with E-state index in [0.717, 1.165) is 0 Å². The molecule has 0 spiro atoms. The first-order valence-corrected chi connectivity index (χ1v) is 6.37. The molecule has 0 bridgehead atoms. The second-order valence-electron chi connectivity index (χ2n) is 6.81. The Balaban J connectivity index is 4.45. The number of rotatable bonds is 4. The predicted octanol–water partition coefficient (Wildman–Crippen LogP) is 2.31. The van der Waals surface area contributed by atoms with Crippen molar-refractivity contribution in [1.29, 1.82) is 0 Å². The molecule has 106 valence electrons. The maximum atomic E-state index is 11.9. The third-order valence-electron chi connectivity index (χ3n) is 2.40. The Hall–Kier alpha value is -0.900. The molecule has 2 atom stereocenters. The van der Waals surface area contributed by atoms with Crippen LogP contribution in [0.15, 0.2) is 0 Å². The molecule has 4 heteroatoms. The SMILES string of the molecule is C[C@H](NC(C)(C)C)C(=O)O[C@@H](C)C(=O)C(C)(C)C. The molecule has 0 amide bonds. The van der Waals surface area contributed by atoms with E-state index in [2.05, 4.69) is 5.32 Å². The molecular weight excluding hydrogens is 230 g/mol. The van der Waals surface area contributed by atoms with E-state index in [1.165, 1.54) is 0 Å². The van der Waals surface area contributed by atoms with Crippen LogP contribution in [0.2, 0.25) is 0 Å². The van der Waals surface area contributed by atoms with Gasteiger partial charge < -0.3 is 4.74 Å². The number of hydrogen-bond donors (Lipinski definition) is 1. The molecule has 0 aliphatic heterocycles. The fourth-order valence-electron chi connectivity index (χ4n) is 1.65. The third-order valence-corrected chi connectivity index (χ3v) is 2.40. The van der Waals surface area contributed by atoms with Crippen LogP contribution in [0, 0.1) is 5.41 Å². The molecule has 0 rings (SSSR count). The number of carbonyl (C=O) groups is 2. The summed E-state index contributed by atoms with van der Waals surface area (Å²) in [5.41, 5.74) is -0.671. The monoisotopic (exact) mass is 257 g/mol. The van der Waals surface area contributed by atoms with E-state index in [4.69, 9.17) is 4.74 Å². The van der Waals surface area contributed by atoms with Gasteiger partial charge in [0.15, 0.2) is 11.9 Å². The van der Waals surface area contributed by atoms with E-state index in [-0.39, 0.29) is 11.3 Å². The molecule has 0 heterocycles. The second-order valence-corrected chi connectivity index (χ2v) is 6.81. The van der Waals surface area contributed by atoms with Crippen LogP contribution >= 0.6 is 0 Å². The molecule has 0 aromatic heterocycles. The Bertz CT molecular complexity index is 310. The highest BCUT2D eigenvalue weighted by molar-refractivity contribution is 5.89. The van der Waals surface area contributed by atoms with Crippen LogP contribution in [0.4, 0.5) is 0 Å². The number of hydrogen-bond acceptors (Lipinski definition) is 4. The van der Waals surface area contributed by atoms with Gasteiger partial charge >= 0.3 is 5.97 Å². The average molecular weight is 257 g/mol. The molecule has 18 heavy (non-hydrogen) atoms. The van der Waals surface area contributed by atoms with Gasteiger partial charge in [-0.25, -0.2) is 0 Å². The van der Waals surface area contributed by atoms with Crippen LogP contribution in [0.5, 0.6) is 0 Å². The molecular formula is C14H27NO3. The van der Waals surface area contributed by atoms with Gasteiger partial charge in [-0.3, -0.25) is 14.9 Å². The van der Waals surface area contributed by atoms with Crippen molar-refractivity contribution in [2.45, 2.75) is 73.1 Å². The zero-order valence-electron chi connectivity index (χ0n) is 12.9. The number of ether oxygens (including phenoxy) is 1. The highest BCUT2D eigenvalue weighted by atomic mass is 16.5. The Morgan fingerprint density at radius 2 is 1.44 bits per heavy atom. The first-order chi connectivity index (χ1) is 7.84. The van der Waals surface area contributed by atoms with Gasteiger partial charge in [0.1, 0.15) is 6.04 Å². The van der Waals surface area contributed by atoms with Crippen LogP contribution in [-0.4, -0.2) is 29.4 Å². The molecule has 0 aliphatic carbocycles. The number of nitrogens with one attached hydrogen (secondary N) is 1. The van der Waals surface area contributed by atoms with E-state index >= 15 is 0 Å². The lowest BCUT2D eigenvalue weighted by molar-refractivity contribution is -0.158. The molecule has 0 fully saturated rings. The first-order valence-electron chi connectivity index (χ1n) is 6.37. The Morgan fingerprint density at radius 1 is 1.00 bits per heavy atom. The maximum absolute atomic E-state index is 11.9. The number of Topliss-reactive ketones (excluding diaryl/α,β-unsaturated/α-hetero) is 1. The zero-order chi connectivity index (χ0) is 14.7. The topological polar surface area (TPSA) is 55.4 Å². The quantitative estimate of drug-likeness (QED) is 0.785. The molecule has 0 unspecified atom stereocenters. The molecule has 0 radical (unpaired) electrons. The van der Waals surface area contributed by atoms with Crippen molar-refractivity contribution in [3.05, 3.63) is 0 Å². The van der Waals surface area contributed by atoms with Gasteiger partial charge in [-0.1, -0.05) is 20.8 Å². The van der Waals surface area contributed by atoms with Crippen molar-refractivity contribution in [3.8, 4) is 0 Å². The summed E-state index contributed by atoms with van der Waals surface area (Å²) in [7, 11) is 0. The smallest absolute Gasteiger partial charge is 0.323 e. The number of esters is 1. The fraction of sp³-hybridized carbons (Fsp3) is 0.857. The Kier molecular flexibility index (Phi) is 5.54. The van der Waals surface area contributed by atoms with Crippen LogP contribution in [-0.2, 0) is 14.3 Å². The summed E-state index contributed by atoms with van der Waals surface area (Å²) in [5, 5.41) is 3.12. The predicted molar refractivity (Wildman–Crippen MR) is 72.4 cm³/mol. The highest BCUT2D eigenvalue weighted by Gasteiger charge is 2.30. The zero-order valence-corrected chi connectivity index (χ0v) is 12.9. The van der Waals surface area contributed by atoms with E-state index in [9.17, 15) is 9.59 Å². The molecule has 0 aliphatic rings. The second kappa shape index (κ2) is 5.83. The summed E-state index contributed by atoms with van der Waals surface area (Å²) >= 11 is 0. The van der Waals surface area contributed by atoms with E-state index < -0.39 is 23.5 Å². The first kappa shape index (κ1) is 17.1. The summed E-state index contributed by atoms with van der Waals surface area (Å²) in [6.07, 6.45) is -0.707. The van der Waals surface area contributed by atoms with Crippen LogP contribution in [0.3, 0.4) is 0 Å². The summed E-state index contributed by atoms with van der Waals surface area (Å²) in [6, 6.07) is -0.430. The minimum Gasteiger partial charge on any atom is -0.453 e. The standard InChI is InChI=1S/C14H27NO3/c1-9(15-14(6,7)8)12(17)18-10(2)11(16)13(3,4)5/h9-10,15H,1-8H3/t9-,10-/m0/s1. The van der Waals surface area contributed by atoms with Crippen LogP contribution in [0.25, 0.3) is 0 Å². The van der Waals surface area contributed by atoms with Gasteiger partial charge in [0, 0.05) is 11.0 Å². The summed E-state index contributed by atoms with van der Waals surface area (Å²) in [6.45, 7) is 14.7. The molecule has 0 saturated carbocycles. The average Bonchev–Trinajstić information content (AvgIpc) is 2.12. The van der Waals surface area contributed by atoms with Gasteiger partial charge in [0.2, 0.25) is 0 Å². The van der Waals surface area contributed by atoms with Crippen molar-refractivity contribution in [2.75, 3.05) is 0 Å². The summed E-state index contributed by atoms with van der Waals surface area (Å²) < 4.78 is 5.20. The molecule has 0 aromatic rings. The highest BCUT2D eigenvalue weighted by Crippen LogP contribution is 2.18. The van der Waals surface area contributed by atoms with E-state index in [1.807, 2.05) is 41.5 Å². The van der Waals surface area contributed by atoms with Crippen molar-refractivity contribution in [2.24, 2.45) is 5.41 Å². The van der Waals surface area contributed by atoms with Gasteiger partial charge in [-0.2, -0.15) is 0 Å². The van der Waals surface area contributed by atoms with Crippen molar-refractivity contribution in [1.82, 2.24) is 5.32 Å². The van der Waals surface area contributed by atoms with Gasteiger partial charge in [0.25, 0.3) is 0 Å². The van der Waals surface area contributed by atoms with E-state index in [0.29, 0.717) is 0 Å². The van der Waals surface area contributed by atoms with E-state index in [1.54, 1.807) is 13.8 Å². The Morgan fingerprint density at radius 3 is 1.78 bits per heavy atom. The Labute approximate surface area is 110 Å². The number of carbonyl (C=O) groups excluding carboxylic acids is 2. The third kappa shape index (κ3) is 6.15. The maximum Gasteiger partial charge on any atom is 0.323 e. The number of ketones is 1. The molecule has 0 saturated heterocycles. The normalized spacial score (nSPS) is 16.0. The minimum atomic E-state index is -0.707. The minimum absolute atomic E-state index is 0.0705. The molecule has 4 nitrogen and oxygen atoms in total. The van der Waals surface area contributed by atoms with Gasteiger partial charge in [-0.15, -0.1) is 0 Å². The van der Waals surface area contributed by atoms with Gasteiger partial charge in [-0.05, 0) is 34.6 Å². The lowest BCUT2D eigenvalue weighted by Crippen LogP contribution is -2.48. The van der Waals surface area contributed by atoms with Crippen molar-refractivity contribution >= 4 is 11.8 Å². The lowest BCUT2D eigenvalue weighted by atomic mass is 9.88. The summed E-state index contributed by atoms with van der Waals surface area (Å²) in [4.78, 5) is 23.7. The van der Waals surface area contributed by atoms with Crippen molar-refractivity contribution < 1.29 is 14.3 Å².